The van der Waals surface area contributed by atoms with Gasteiger partial charge in [-0.1, -0.05) is 84.9 Å². The third-order valence-corrected chi connectivity index (χ3v) is 9.39. The summed E-state index contributed by atoms with van der Waals surface area (Å²) in [6.07, 6.45) is 0. The minimum Gasteiger partial charge on any atom is -0.489 e. The molecule has 0 N–H and O–H groups in total. The molecule has 0 aliphatic carbocycles. The number of thioether (sulfide) groups is 1. The Morgan fingerprint density at radius 2 is 1.51 bits per heavy atom. The minimum absolute atomic E-state index is 0.0927. The van der Waals surface area contributed by atoms with E-state index in [1.807, 2.05) is 23.9 Å². The molecule has 2 aliphatic rings. The van der Waals surface area contributed by atoms with Gasteiger partial charge in [-0.2, -0.15) is 0 Å². The molecule has 1 unspecified atom stereocenters. The molecular weight excluding hydrogens is 528 g/mol. The van der Waals surface area contributed by atoms with Crippen LogP contribution in [-0.2, 0) is 11.3 Å². The number of carbonyl (C=O) groups excluding carboxylic acids is 1. The van der Waals surface area contributed by atoms with Crippen molar-refractivity contribution in [1.82, 2.24) is 9.80 Å². The van der Waals surface area contributed by atoms with Gasteiger partial charge in [-0.3, -0.25) is 9.80 Å². The van der Waals surface area contributed by atoms with Crippen molar-refractivity contribution in [2.75, 3.05) is 45.6 Å². The van der Waals surface area contributed by atoms with Crippen LogP contribution in [0.4, 0.5) is 0 Å². The number of benzene rings is 4. The van der Waals surface area contributed by atoms with Gasteiger partial charge in [0.2, 0.25) is 0 Å². The maximum atomic E-state index is 12.3. The highest BCUT2D eigenvalue weighted by Gasteiger charge is 2.28. The van der Waals surface area contributed by atoms with E-state index in [1.165, 1.54) is 29.4 Å². The lowest BCUT2D eigenvalue weighted by atomic mass is 9.96. The normalized spacial score (nSPS) is 17.3. The summed E-state index contributed by atoms with van der Waals surface area (Å²) < 4.78 is 11.2. The lowest BCUT2D eigenvalue weighted by Gasteiger charge is -2.40. The first-order valence-electron chi connectivity index (χ1n) is 14.3. The van der Waals surface area contributed by atoms with Crippen LogP contribution in [0.2, 0.25) is 0 Å². The maximum absolute atomic E-state index is 12.3. The number of hydrogen-bond acceptors (Lipinski definition) is 6. The van der Waals surface area contributed by atoms with E-state index >= 15 is 0 Å². The molecule has 0 bridgehead atoms. The summed E-state index contributed by atoms with van der Waals surface area (Å²) in [4.78, 5) is 17.5. The van der Waals surface area contributed by atoms with Gasteiger partial charge in [-0.25, -0.2) is 4.79 Å². The second-order valence-electron chi connectivity index (χ2n) is 10.6. The molecule has 0 saturated carbocycles. The predicted molar refractivity (Wildman–Crippen MR) is 166 cm³/mol. The monoisotopic (exact) mass is 564 g/mol. The zero-order valence-corrected chi connectivity index (χ0v) is 24.3. The van der Waals surface area contributed by atoms with Gasteiger partial charge in [0.1, 0.15) is 12.4 Å². The average Bonchev–Trinajstić information content (AvgIpc) is 3.19. The van der Waals surface area contributed by atoms with Crippen molar-refractivity contribution < 1.29 is 14.3 Å². The summed E-state index contributed by atoms with van der Waals surface area (Å²) in [5.74, 6) is 1.51. The quantitative estimate of drug-likeness (QED) is 0.225. The van der Waals surface area contributed by atoms with E-state index in [0.29, 0.717) is 12.2 Å². The van der Waals surface area contributed by atoms with Crippen LogP contribution < -0.4 is 4.74 Å². The Morgan fingerprint density at radius 1 is 0.854 bits per heavy atom. The number of fused-ring (bicyclic) bond motifs is 2. The number of rotatable bonds is 8. The molecule has 5 nitrogen and oxygen atoms in total. The van der Waals surface area contributed by atoms with Gasteiger partial charge in [-0.05, 0) is 40.5 Å². The van der Waals surface area contributed by atoms with E-state index in [4.69, 9.17) is 9.47 Å². The van der Waals surface area contributed by atoms with Crippen molar-refractivity contribution in [3.05, 3.63) is 137 Å². The third kappa shape index (κ3) is 6.20. The SMILES string of the molecule is COC(=O)c1ccc2c(c1)C(SCCN1CCN(C(c3ccccc3)c3ccccc3)CC1)c1ccccc1CO2. The Balaban J connectivity index is 1.14. The molecule has 4 aromatic carbocycles. The number of hydrogen-bond donors (Lipinski definition) is 0. The largest absolute Gasteiger partial charge is 0.489 e. The molecule has 1 atom stereocenters. The predicted octanol–water partition coefficient (Wildman–Crippen LogP) is 6.60. The van der Waals surface area contributed by atoms with Crippen LogP contribution in [-0.4, -0.2) is 61.4 Å². The van der Waals surface area contributed by atoms with Gasteiger partial charge in [0.15, 0.2) is 0 Å². The van der Waals surface area contributed by atoms with Gasteiger partial charge in [-0.15, -0.1) is 11.8 Å². The molecule has 0 spiro atoms. The summed E-state index contributed by atoms with van der Waals surface area (Å²) in [5.41, 5.74) is 6.76. The maximum Gasteiger partial charge on any atom is 0.337 e. The highest BCUT2D eigenvalue weighted by Crippen LogP contribution is 2.44. The number of methoxy groups -OCH3 is 1. The molecule has 1 saturated heterocycles. The van der Waals surface area contributed by atoms with Gasteiger partial charge in [0.05, 0.1) is 24.0 Å². The molecule has 4 aromatic rings. The van der Waals surface area contributed by atoms with Crippen molar-refractivity contribution in [1.29, 1.82) is 0 Å². The molecule has 0 amide bonds. The standard InChI is InChI=1S/C35H36N2O3S/c1-39-35(38)28-16-17-32-31(24-28)34(30-15-9-8-14-29(30)25-40-32)41-23-22-36-18-20-37(21-19-36)33(26-10-4-2-5-11-26)27-12-6-3-7-13-27/h2-17,24,33-34H,18-23,25H2,1H3. The first kappa shape index (κ1) is 27.6. The Labute approximate surface area is 247 Å². The number of esters is 1. The lowest BCUT2D eigenvalue weighted by molar-refractivity contribution is 0.0600. The third-order valence-electron chi connectivity index (χ3n) is 8.13. The molecule has 0 aromatic heterocycles. The van der Waals surface area contributed by atoms with Gasteiger partial charge in [0.25, 0.3) is 0 Å². The minimum atomic E-state index is -0.323. The van der Waals surface area contributed by atoms with Crippen molar-refractivity contribution in [2.24, 2.45) is 0 Å². The van der Waals surface area contributed by atoms with E-state index in [9.17, 15) is 4.79 Å². The summed E-state index contributed by atoms with van der Waals surface area (Å²) in [7, 11) is 1.42. The van der Waals surface area contributed by atoms with Crippen molar-refractivity contribution in [2.45, 2.75) is 17.9 Å². The van der Waals surface area contributed by atoms with Crippen molar-refractivity contribution in [3.63, 3.8) is 0 Å². The highest BCUT2D eigenvalue weighted by atomic mass is 32.2. The van der Waals surface area contributed by atoms with E-state index in [2.05, 4.69) is 94.7 Å². The Hall–Kier alpha value is -3.58. The van der Waals surface area contributed by atoms with E-state index in [1.54, 1.807) is 6.07 Å². The van der Waals surface area contributed by atoms with E-state index < -0.39 is 0 Å². The van der Waals surface area contributed by atoms with Gasteiger partial charge in [0, 0.05) is 44.0 Å². The fourth-order valence-electron chi connectivity index (χ4n) is 5.98. The fraction of sp³-hybridized carbons (Fsp3) is 0.286. The first-order valence-corrected chi connectivity index (χ1v) is 15.4. The second-order valence-corrected chi connectivity index (χ2v) is 11.8. The molecule has 0 radical (unpaired) electrons. The Bertz CT molecular complexity index is 1420. The van der Waals surface area contributed by atoms with Crippen LogP contribution in [0.25, 0.3) is 0 Å². The zero-order valence-electron chi connectivity index (χ0n) is 23.4. The van der Waals surface area contributed by atoms with Crippen LogP contribution in [0.3, 0.4) is 0 Å². The summed E-state index contributed by atoms with van der Waals surface area (Å²) in [6.45, 7) is 5.71. The fourth-order valence-corrected chi connectivity index (χ4v) is 7.36. The number of carbonyl (C=O) groups is 1. The molecule has 2 aliphatic heterocycles. The topological polar surface area (TPSA) is 42.0 Å². The van der Waals surface area contributed by atoms with Crippen LogP contribution in [0.15, 0.2) is 103 Å². The summed E-state index contributed by atoms with van der Waals surface area (Å²) in [6, 6.07) is 36.2. The van der Waals surface area contributed by atoms with Crippen molar-refractivity contribution >= 4 is 17.7 Å². The summed E-state index contributed by atoms with van der Waals surface area (Å²) in [5, 5.41) is 0.0927. The van der Waals surface area contributed by atoms with E-state index in [0.717, 1.165) is 49.8 Å². The summed E-state index contributed by atoms with van der Waals surface area (Å²) >= 11 is 1.93. The smallest absolute Gasteiger partial charge is 0.337 e. The van der Waals surface area contributed by atoms with Gasteiger partial charge < -0.3 is 9.47 Å². The van der Waals surface area contributed by atoms with Crippen molar-refractivity contribution in [3.8, 4) is 5.75 Å². The molecule has 1 fully saturated rings. The lowest BCUT2D eigenvalue weighted by Crippen LogP contribution is -2.48. The van der Waals surface area contributed by atoms with Gasteiger partial charge >= 0.3 is 5.97 Å². The molecule has 210 valence electrons. The zero-order chi connectivity index (χ0) is 28.0. The second kappa shape index (κ2) is 12.9. The molecule has 6 rings (SSSR count). The number of ether oxygens (including phenoxy) is 2. The van der Waals surface area contributed by atoms with E-state index in [-0.39, 0.29) is 17.3 Å². The average molecular weight is 565 g/mol. The highest BCUT2D eigenvalue weighted by molar-refractivity contribution is 7.99. The van der Waals surface area contributed by atoms with Crippen LogP contribution in [0.5, 0.6) is 5.75 Å². The molecular formula is C35H36N2O3S. The number of nitrogens with zero attached hydrogens (tertiary/aromatic N) is 2. The first-order chi connectivity index (χ1) is 20.2. The molecule has 2 heterocycles. The number of piperazine rings is 1. The van der Waals surface area contributed by atoms with Crippen LogP contribution >= 0.6 is 11.8 Å². The Morgan fingerprint density at radius 3 is 2.20 bits per heavy atom. The molecule has 6 heteroatoms. The Kier molecular flexibility index (Phi) is 8.71. The van der Waals surface area contributed by atoms with Crippen LogP contribution in [0.1, 0.15) is 49.5 Å². The van der Waals surface area contributed by atoms with Crippen LogP contribution in [0, 0.1) is 0 Å². The molecule has 41 heavy (non-hydrogen) atoms.